The zero-order chi connectivity index (χ0) is 33.0. The highest BCUT2D eigenvalue weighted by Gasteiger charge is 2.21. The molecule has 0 aliphatic carbocycles. The van der Waals surface area contributed by atoms with E-state index in [9.17, 15) is 0 Å². The van der Waals surface area contributed by atoms with Crippen LogP contribution in [-0.2, 0) is 0 Å². The number of hydrogen-bond acceptors (Lipinski definition) is 3. The van der Waals surface area contributed by atoms with Gasteiger partial charge >= 0.3 is 0 Å². The van der Waals surface area contributed by atoms with Crippen molar-refractivity contribution >= 4 is 43.6 Å². The molecule has 3 heterocycles. The molecule has 0 radical (unpaired) electrons. The molecule has 0 aliphatic heterocycles. The molecule has 50 heavy (non-hydrogen) atoms. The molecule has 7 aromatic carbocycles. The molecule has 0 unspecified atom stereocenters. The third kappa shape index (κ3) is 4.45. The van der Waals surface area contributed by atoms with Gasteiger partial charge < -0.3 is 4.57 Å². The van der Waals surface area contributed by atoms with E-state index in [1.807, 2.05) is 18.2 Å². The smallest absolute Gasteiger partial charge is 0.238 e. The third-order valence-corrected chi connectivity index (χ3v) is 9.58. The summed E-state index contributed by atoms with van der Waals surface area (Å²) < 4.78 is 4.54. The molecular formula is C45H29N5. The highest BCUT2D eigenvalue weighted by atomic mass is 15.2. The van der Waals surface area contributed by atoms with Crippen molar-refractivity contribution in [2.45, 2.75) is 0 Å². The zero-order valence-electron chi connectivity index (χ0n) is 27.0. The predicted molar refractivity (Wildman–Crippen MR) is 205 cm³/mol. The van der Waals surface area contributed by atoms with Gasteiger partial charge in [0.05, 0.1) is 22.1 Å². The van der Waals surface area contributed by atoms with Crippen LogP contribution >= 0.6 is 0 Å². The molecule has 0 saturated carbocycles. The molecule has 5 heteroatoms. The van der Waals surface area contributed by atoms with Gasteiger partial charge in [-0.05, 0) is 35.9 Å². The van der Waals surface area contributed by atoms with Gasteiger partial charge in [-0.1, -0.05) is 146 Å². The molecule has 0 aliphatic rings. The van der Waals surface area contributed by atoms with E-state index >= 15 is 0 Å². The fraction of sp³-hybridized carbons (Fsp3) is 0. The lowest BCUT2D eigenvalue weighted by Crippen LogP contribution is -2.07. The number of aromatic nitrogens is 5. The van der Waals surface area contributed by atoms with Crippen LogP contribution in [0.2, 0.25) is 0 Å². The van der Waals surface area contributed by atoms with Crippen molar-refractivity contribution in [2.24, 2.45) is 0 Å². The highest BCUT2D eigenvalue weighted by Crippen LogP contribution is 2.38. The Morgan fingerprint density at radius 1 is 0.340 bits per heavy atom. The van der Waals surface area contributed by atoms with E-state index in [0.29, 0.717) is 17.6 Å². The molecule has 3 aromatic heterocycles. The maximum Gasteiger partial charge on any atom is 0.238 e. The van der Waals surface area contributed by atoms with E-state index in [1.54, 1.807) is 0 Å². The van der Waals surface area contributed by atoms with Gasteiger partial charge in [-0.25, -0.2) is 4.98 Å². The first-order chi connectivity index (χ1) is 24.8. The van der Waals surface area contributed by atoms with Crippen molar-refractivity contribution in [3.63, 3.8) is 0 Å². The molecule has 0 amide bonds. The number of para-hydroxylation sites is 4. The van der Waals surface area contributed by atoms with Crippen LogP contribution in [0.1, 0.15) is 0 Å². The first kappa shape index (κ1) is 28.2. The fourth-order valence-electron chi connectivity index (χ4n) is 7.37. The van der Waals surface area contributed by atoms with Gasteiger partial charge in [-0.15, -0.1) is 0 Å². The summed E-state index contributed by atoms with van der Waals surface area (Å²) >= 11 is 0. The van der Waals surface area contributed by atoms with Gasteiger partial charge in [-0.2, -0.15) is 9.97 Å². The minimum absolute atomic E-state index is 0.575. The van der Waals surface area contributed by atoms with E-state index in [1.165, 1.54) is 10.8 Å². The van der Waals surface area contributed by atoms with Crippen molar-refractivity contribution in [1.29, 1.82) is 0 Å². The van der Waals surface area contributed by atoms with Gasteiger partial charge in [-0.3, -0.25) is 4.57 Å². The molecule has 0 bridgehead atoms. The largest absolute Gasteiger partial charge is 0.309 e. The van der Waals surface area contributed by atoms with Crippen molar-refractivity contribution < 1.29 is 0 Å². The van der Waals surface area contributed by atoms with Gasteiger partial charge in [0, 0.05) is 43.9 Å². The van der Waals surface area contributed by atoms with Crippen molar-refractivity contribution in [3.05, 3.63) is 176 Å². The van der Waals surface area contributed by atoms with Crippen LogP contribution in [0.15, 0.2) is 176 Å². The van der Waals surface area contributed by atoms with E-state index in [4.69, 9.17) is 15.0 Å². The summed E-state index contributed by atoms with van der Waals surface area (Å²) in [4.78, 5) is 15.6. The summed E-state index contributed by atoms with van der Waals surface area (Å²) in [5, 5.41) is 4.75. The van der Waals surface area contributed by atoms with Gasteiger partial charge in [0.25, 0.3) is 0 Å². The van der Waals surface area contributed by atoms with E-state index in [2.05, 4.69) is 167 Å². The molecule has 0 saturated heterocycles. The normalized spacial score (nSPS) is 11.6. The summed E-state index contributed by atoms with van der Waals surface area (Å²) in [6, 6.07) is 61.4. The molecule has 0 fully saturated rings. The molecule has 0 spiro atoms. The minimum Gasteiger partial charge on any atom is -0.309 e. The summed E-state index contributed by atoms with van der Waals surface area (Å²) in [6.45, 7) is 0. The van der Waals surface area contributed by atoms with Crippen molar-refractivity contribution in [1.82, 2.24) is 24.1 Å². The second-order valence-electron chi connectivity index (χ2n) is 12.5. The average Bonchev–Trinajstić information content (AvgIpc) is 3.72. The van der Waals surface area contributed by atoms with Crippen molar-refractivity contribution in [2.75, 3.05) is 0 Å². The standard InChI is InChI=1S/C45H29N5/c1-3-15-30(16-4-1)34-24-14-25-38-37-23-9-12-28-41(37)50(42(34)38)45-47-43(31-17-5-2-6-18-31)46-44(48-45)32-19-13-20-33(29-32)49-39-26-10-7-21-35(39)36-22-8-11-27-40(36)49/h1-29H. The number of fused-ring (bicyclic) bond motifs is 6. The molecule has 10 aromatic rings. The predicted octanol–water partition coefficient (Wildman–Crippen LogP) is 11.1. The first-order valence-electron chi connectivity index (χ1n) is 16.8. The Bertz CT molecular complexity index is 2810. The quantitative estimate of drug-likeness (QED) is 0.188. The molecule has 5 nitrogen and oxygen atoms in total. The second kappa shape index (κ2) is 11.4. The maximum absolute atomic E-state index is 5.29. The van der Waals surface area contributed by atoms with Gasteiger partial charge in [0.15, 0.2) is 11.6 Å². The fourth-order valence-corrected chi connectivity index (χ4v) is 7.37. The zero-order valence-corrected chi connectivity index (χ0v) is 27.0. The lowest BCUT2D eigenvalue weighted by atomic mass is 10.0. The Morgan fingerprint density at radius 3 is 1.48 bits per heavy atom. The van der Waals surface area contributed by atoms with Crippen LogP contribution in [0.3, 0.4) is 0 Å². The van der Waals surface area contributed by atoms with Crippen LogP contribution < -0.4 is 0 Å². The van der Waals surface area contributed by atoms with Crippen LogP contribution in [0, 0.1) is 0 Å². The topological polar surface area (TPSA) is 48.5 Å². The number of nitrogens with zero attached hydrogens (tertiary/aromatic N) is 5. The Hall–Kier alpha value is -6.85. The van der Waals surface area contributed by atoms with Crippen LogP contribution in [0.5, 0.6) is 0 Å². The molecule has 0 N–H and O–H groups in total. The summed E-state index contributed by atoms with van der Waals surface area (Å²) in [6.07, 6.45) is 0. The Balaban J connectivity index is 1.25. The van der Waals surface area contributed by atoms with E-state index < -0.39 is 0 Å². The number of hydrogen-bond donors (Lipinski definition) is 0. The van der Waals surface area contributed by atoms with Gasteiger partial charge in [0.1, 0.15) is 0 Å². The number of rotatable bonds is 5. The average molecular weight is 640 g/mol. The lowest BCUT2D eigenvalue weighted by molar-refractivity contribution is 0.953. The lowest BCUT2D eigenvalue weighted by Gasteiger charge is -2.14. The Morgan fingerprint density at radius 2 is 0.820 bits per heavy atom. The van der Waals surface area contributed by atoms with E-state index in [0.717, 1.165) is 60.8 Å². The highest BCUT2D eigenvalue weighted by molar-refractivity contribution is 6.13. The van der Waals surface area contributed by atoms with Gasteiger partial charge in [0.2, 0.25) is 5.95 Å². The second-order valence-corrected chi connectivity index (χ2v) is 12.5. The minimum atomic E-state index is 0.575. The third-order valence-electron chi connectivity index (χ3n) is 9.58. The van der Waals surface area contributed by atoms with Crippen LogP contribution in [0.25, 0.3) is 89.2 Å². The molecule has 10 rings (SSSR count). The summed E-state index contributed by atoms with van der Waals surface area (Å²) in [5.41, 5.74) is 9.57. The molecule has 0 atom stereocenters. The van der Waals surface area contributed by atoms with Crippen LogP contribution in [-0.4, -0.2) is 24.1 Å². The molecule has 234 valence electrons. The van der Waals surface area contributed by atoms with E-state index in [-0.39, 0.29) is 0 Å². The van der Waals surface area contributed by atoms with Crippen LogP contribution in [0.4, 0.5) is 0 Å². The summed E-state index contributed by atoms with van der Waals surface area (Å²) in [7, 11) is 0. The Labute approximate surface area is 288 Å². The SMILES string of the molecule is c1ccc(-c2nc(-c3cccc(-n4c5ccccc5c5ccccc54)c3)nc(-n3c4ccccc4c4cccc(-c5ccccc5)c43)n2)cc1. The van der Waals surface area contributed by atoms with Crippen molar-refractivity contribution in [3.8, 4) is 45.5 Å². The number of benzene rings is 7. The first-order valence-corrected chi connectivity index (χ1v) is 16.8. The summed E-state index contributed by atoms with van der Waals surface area (Å²) in [5.74, 6) is 1.81. The molecular weight excluding hydrogens is 611 g/mol. The maximum atomic E-state index is 5.29. The Kier molecular flexibility index (Phi) is 6.42. The monoisotopic (exact) mass is 639 g/mol.